The third-order valence-electron chi connectivity index (χ3n) is 5.16. The summed E-state index contributed by atoms with van der Waals surface area (Å²) in [4.78, 5) is 23.3. The average molecular weight is 367 g/mol. The summed E-state index contributed by atoms with van der Waals surface area (Å²) in [6, 6.07) is 7.75. The van der Waals surface area contributed by atoms with Gasteiger partial charge in [-0.2, -0.15) is 0 Å². The lowest BCUT2D eigenvalue weighted by Gasteiger charge is -2.18. The quantitative estimate of drug-likeness (QED) is 0.741. The van der Waals surface area contributed by atoms with Crippen LogP contribution in [0.4, 0.5) is 0 Å². The number of rotatable bonds is 7. The zero-order valence-corrected chi connectivity index (χ0v) is 16.6. The van der Waals surface area contributed by atoms with E-state index >= 15 is 0 Å². The van der Waals surface area contributed by atoms with Gasteiger partial charge in [-0.25, -0.2) is 9.97 Å². The second-order valence-corrected chi connectivity index (χ2v) is 7.23. The largest absolute Gasteiger partial charge is 0.378 e. The van der Waals surface area contributed by atoms with Crippen LogP contribution in [0.15, 0.2) is 30.5 Å². The average Bonchev–Trinajstić information content (AvgIpc) is 3.21. The maximum Gasteiger partial charge on any atom is 0.253 e. The third-order valence-corrected chi connectivity index (χ3v) is 5.16. The lowest BCUT2D eigenvalue weighted by molar-refractivity contribution is 0.0763. The Labute approximate surface area is 161 Å². The number of amides is 1. The van der Waals surface area contributed by atoms with Crippen LogP contribution in [0, 0.1) is 6.92 Å². The highest BCUT2D eigenvalue weighted by Crippen LogP contribution is 2.23. The Morgan fingerprint density at radius 3 is 2.74 bits per heavy atom. The van der Waals surface area contributed by atoms with Crippen LogP contribution in [-0.2, 0) is 11.2 Å². The molecular weight excluding hydrogens is 338 g/mol. The van der Waals surface area contributed by atoms with E-state index in [1.54, 1.807) is 4.90 Å². The normalized spacial score (nSPS) is 16.5. The zero-order chi connectivity index (χ0) is 19.2. The van der Waals surface area contributed by atoms with Crippen molar-refractivity contribution < 1.29 is 9.53 Å². The molecule has 0 radical (unpaired) electrons. The van der Waals surface area contributed by atoms with Crippen molar-refractivity contribution in [2.75, 3.05) is 20.2 Å². The van der Waals surface area contributed by atoms with Gasteiger partial charge in [0.15, 0.2) is 0 Å². The van der Waals surface area contributed by atoms with E-state index in [0.29, 0.717) is 11.7 Å². The van der Waals surface area contributed by atoms with Crippen LogP contribution in [0.1, 0.15) is 54.4 Å². The van der Waals surface area contributed by atoms with E-state index in [4.69, 9.17) is 4.74 Å². The number of carbonyl (C=O) groups excluding carboxylic acids is 1. The Morgan fingerprint density at radius 2 is 2.07 bits per heavy atom. The molecule has 1 aromatic heterocycles. The molecule has 0 spiro atoms. The van der Waals surface area contributed by atoms with Gasteiger partial charge >= 0.3 is 0 Å². The summed E-state index contributed by atoms with van der Waals surface area (Å²) in [6.07, 6.45) is 7.48. The third kappa shape index (κ3) is 4.92. The summed E-state index contributed by atoms with van der Waals surface area (Å²) in [5, 5.41) is 0. The van der Waals surface area contributed by atoms with Gasteiger partial charge in [-0.15, -0.1) is 0 Å². The molecule has 5 heteroatoms. The molecule has 144 valence electrons. The van der Waals surface area contributed by atoms with Crippen molar-refractivity contribution >= 4 is 5.91 Å². The van der Waals surface area contributed by atoms with Crippen LogP contribution in [0.2, 0.25) is 0 Å². The second-order valence-electron chi connectivity index (χ2n) is 7.23. The van der Waals surface area contributed by atoms with Gasteiger partial charge in [0.05, 0.1) is 11.8 Å². The summed E-state index contributed by atoms with van der Waals surface area (Å²) in [6.45, 7) is 5.64. The Bertz CT molecular complexity index is 768. The SMILES string of the molecule is CCc1cnc(C)nc1-c1ccc(C(=O)N(C)CCC[C@@H]2CCCO2)cc1. The molecule has 0 saturated carbocycles. The van der Waals surface area contributed by atoms with Crippen molar-refractivity contribution in [3.05, 3.63) is 47.4 Å². The van der Waals surface area contributed by atoms with E-state index in [1.165, 1.54) is 0 Å². The number of benzene rings is 1. The number of hydrogen-bond donors (Lipinski definition) is 0. The highest BCUT2D eigenvalue weighted by molar-refractivity contribution is 5.94. The van der Waals surface area contributed by atoms with Gasteiger partial charge in [-0.1, -0.05) is 19.1 Å². The Morgan fingerprint density at radius 1 is 1.30 bits per heavy atom. The predicted molar refractivity (Wildman–Crippen MR) is 107 cm³/mol. The van der Waals surface area contributed by atoms with Crippen molar-refractivity contribution in [3.8, 4) is 11.3 Å². The lowest BCUT2D eigenvalue weighted by Crippen LogP contribution is -2.28. The van der Waals surface area contributed by atoms with Gasteiger partial charge in [0.2, 0.25) is 0 Å². The number of ether oxygens (including phenoxy) is 1. The first-order valence-electron chi connectivity index (χ1n) is 9.88. The molecule has 2 aromatic rings. The minimum Gasteiger partial charge on any atom is -0.378 e. The van der Waals surface area contributed by atoms with E-state index in [-0.39, 0.29) is 5.91 Å². The molecule has 1 atom stereocenters. The molecule has 1 aliphatic rings. The number of carbonyl (C=O) groups is 1. The number of aromatic nitrogens is 2. The number of nitrogens with zero attached hydrogens (tertiary/aromatic N) is 3. The molecular formula is C22H29N3O2. The fraction of sp³-hybridized carbons (Fsp3) is 0.500. The summed E-state index contributed by atoms with van der Waals surface area (Å²) in [7, 11) is 1.87. The van der Waals surface area contributed by atoms with E-state index in [1.807, 2.05) is 44.4 Å². The molecule has 1 aliphatic heterocycles. The summed E-state index contributed by atoms with van der Waals surface area (Å²) in [5.41, 5.74) is 3.80. The maximum atomic E-state index is 12.7. The Hall–Kier alpha value is -2.27. The molecule has 0 unspecified atom stereocenters. The smallest absolute Gasteiger partial charge is 0.253 e. The topological polar surface area (TPSA) is 55.3 Å². The van der Waals surface area contributed by atoms with Crippen LogP contribution < -0.4 is 0 Å². The van der Waals surface area contributed by atoms with E-state index in [9.17, 15) is 4.79 Å². The molecule has 0 bridgehead atoms. The van der Waals surface area contributed by atoms with Gasteiger partial charge in [0.25, 0.3) is 5.91 Å². The molecule has 1 saturated heterocycles. The molecule has 1 fully saturated rings. The Kier molecular flexibility index (Phi) is 6.56. The zero-order valence-electron chi connectivity index (χ0n) is 16.6. The summed E-state index contributed by atoms with van der Waals surface area (Å²) in [5.74, 6) is 0.816. The summed E-state index contributed by atoms with van der Waals surface area (Å²) < 4.78 is 5.65. The fourth-order valence-electron chi connectivity index (χ4n) is 3.52. The van der Waals surface area contributed by atoms with Crippen molar-refractivity contribution in [2.45, 2.75) is 52.1 Å². The first-order valence-corrected chi connectivity index (χ1v) is 9.88. The van der Waals surface area contributed by atoms with Gasteiger partial charge in [0.1, 0.15) is 5.82 Å². The molecule has 0 aliphatic carbocycles. The van der Waals surface area contributed by atoms with Crippen LogP contribution in [-0.4, -0.2) is 47.1 Å². The fourth-order valence-corrected chi connectivity index (χ4v) is 3.52. The second kappa shape index (κ2) is 9.09. The number of aryl methyl sites for hydroxylation is 2. The summed E-state index contributed by atoms with van der Waals surface area (Å²) >= 11 is 0. The minimum atomic E-state index is 0.0588. The van der Waals surface area contributed by atoms with Crippen LogP contribution in [0.25, 0.3) is 11.3 Å². The standard InChI is InChI=1S/C22H29N3O2/c1-4-17-15-23-16(2)24-21(17)18-9-11-19(12-10-18)22(26)25(3)13-5-7-20-8-6-14-27-20/h9-12,15,20H,4-8,13-14H2,1-3H3/t20-/m1/s1. The van der Waals surface area contributed by atoms with Crippen molar-refractivity contribution in [1.82, 2.24) is 14.9 Å². The van der Waals surface area contributed by atoms with E-state index < -0.39 is 0 Å². The molecule has 27 heavy (non-hydrogen) atoms. The van der Waals surface area contributed by atoms with Gasteiger partial charge in [-0.3, -0.25) is 4.79 Å². The van der Waals surface area contributed by atoms with Crippen LogP contribution in [0.3, 0.4) is 0 Å². The van der Waals surface area contributed by atoms with Crippen molar-refractivity contribution in [3.63, 3.8) is 0 Å². The lowest BCUT2D eigenvalue weighted by atomic mass is 10.0. The first-order chi connectivity index (χ1) is 13.1. The molecule has 0 N–H and O–H groups in total. The molecule has 1 amide bonds. The van der Waals surface area contributed by atoms with E-state index in [2.05, 4.69) is 16.9 Å². The van der Waals surface area contributed by atoms with Gasteiger partial charge < -0.3 is 9.64 Å². The molecule has 2 heterocycles. The number of hydrogen-bond acceptors (Lipinski definition) is 4. The monoisotopic (exact) mass is 367 g/mol. The predicted octanol–water partition coefficient (Wildman–Crippen LogP) is 4.05. The van der Waals surface area contributed by atoms with Crippen LogP contribution in [0.5, 0.6) is 0 Å². The first kappa shape index (κ1) is 19.5. The minimum absolute atomic E-state index is 0.0588. The van der Waals surface area contributed by atoms with Crippen molar-refractivity contribution in [2.24, 2.45) is 0 Å². The molecule has 5 nitrogen and oxygen atoms in total. The maximum absolute atomic E-state index is 12.7. The van der Waals surface area contributed by atoms with Crippen LogP contribution >= 0.6 is 0 Å². The Balaban J connectivity index is 1.62. The van der Waals surface area contributed by atoms with Gasteiger partial charge in [0, 0.05) is 37.5 Å². The highest BCUT2D eigenvalue weighted by atomic mass is 16.5. The molecule has 3 rings (SSSR count). The van der Waals surface area contributed by atoms with Gasteiger partial charge in [-0.05, 0) is 56.7 Å². The van der Waals surface area contributed by atoms with E-state index in [0.717, 1.165) is 67.9 Å². The molecule has 1 aromatic carbocycles. The van der Waals surface area contributed by atoms with Crippen molar-refractivity contribution in [1.29, 1.82) is 0 Å². The highest BCUT2D eigenvalue weighted by Gasteiger charge is 2.17.